The Morgan fingerprint density at radius 3 is 2.87 bits per heavy atom. The van der Waals surface area contributed by atoms with Crippen molar-refractivity contribution in [2.75, 3.05) is 11.9 Å². The summed E-state index contributed by atoms with van der Waals surface area (Å²) in [7, 11) is 0. The first kappa shape index (κ1) is 13.8. The van der Waals surface area contributed by atoms with Gasteiger partial charge in [-0.2, -0.15) is 0 Å². The van der Waals surface area contributed by atoms with Gasteiger partial charge in [0.05, 0.1) is 6.33 Å². The quantitative estimate of drug-likeness (QED) is 0.803. The molecule has 116 valence electrons. The Labute approximate surface area is 132 Å². The van der Waals surface area contributed by atoms with Crippen LogP contribution in [-0.2, 0) is 4.74 Å². The molecule has 23 heavy (non-hydrogen) atoms. The summed E-state index contributed by atoms with van der Waals surface area (Å²) in [5, 5.41) is 2.80. The summed E-state index contributed by atoms with van der Waals surface area (Å²) in [5.41, 5.74) is 1.79. The van der Waals surface area contributed by atoms with Crippen molar-refractivity contribution in [3.8, 4) is 0 Å². The monoisotopic (exact) mass is 309 g/mol. The fourth-order valence-corrected chi connectivity index (χ4v) is 2.70. The molecular weight excluding hydrogens is 294 g/mol. The van der Waals surface area contributed by atoms with Gasteiger partial charge in [-0.15, -0.1) is 0 Å². The van der Waals surface area contributed by atoms with Crippen LogP contribution in [0.5, 0.6) is 0 Å². The van der Waals surface area contributed by atoms with Crippen molar-refractivity contribution in [2.24, 2.45) is 0 Å². The first-order valence-electron chi connectivity index (χ1n) is 7.48. The zero-order valence-electron chi connectivity index (χ0n) is 12.3. The third-order valence-electron chi connectivity index (χ3n) is 3.84. The van der Waals surface area contributed by atoms with E-state index in [2.05, 4.69) is 20.3 Å². The third kappa shape index (κ3) is 2.55. The predicted molar refractivity (Wildman–Crippen MR) is 83.9 cm³/mol. The summed E-state index contributed by atoms with van der Waals surface area (Å²) >= 11 is 0. The Balaban J connectivity index is 1.67. The lowest BCUT2D eigenvalue weighted by atomic mass is 10.2. The van der Waals surface area contributed by atoms with E-state index >= 15 is 0 Å². The Morgan fingerprint density at radius 1 is 1.22 bits per heavy atom. The summed E-state index contributed by atoms with van der Waals surface area (Å²) in [6.45, 7) is 0.743. The zero-order valence-corrected chi connectivity index (χ0v) is 12.3. The normalized spacial score (nSPS) is 17.5. The molecule has 1 aliphatic heterocycles. The zero-order chi connectivity index (χ0) is 15.6. The molecule has 1 amide bonds. The van der Waals surface area contributed by atoms with E-state index < -0.39 is 0 Å². The van der Waals surface area contributed by atoms with Crippen LogP contribution in [0.25, 0.3) is 11.2 Å². The van der Waals surface area contributed by atoms with E-state index in [4.69, 9.17) is 4.74 Å². The van der Waals surface area contributed by atoms with Crippen LogP contribution in [-0.4, -0.2) is 32.0 Å². The highest BCUT2D eigenvalue weighted by atomic mass is 16.5. The highest BCUT2D eigenvalue weighted by Crippen LogP contribution is 2.27. The molecule has 3 aromatic rings. The number of hydrogen-bond donors (Lipinski definition) is 1. The fraction of sp³-hybridized carbons (Fsp3) is 0.250. The van der Waals surface area contributed by atoms with E-state index in [-0.39, 0.29) is 12.1 Å². The number of ether oxygens (including phenoxy) is 1. The number of aromatic nitrogens is 4. The molecular formula is C16H15N5O2. The van der Waals surface area contributed by atoms with Crippen molar-refractivity contribution in [1.29, 1.82) is 0 Å². The molecule has 7 heteroatoms. The van der Waals surface area contributed by atoms with E-state index in [1.54, 1.807) is 18.5 Å². The van der Waals surface area contributed by atoms with E-state index in [9.17, 15) is 4.79 Å². The molecule has 1 fully saturated rings. The minimum absolute atomic E-state index is 0.0485. The number of fused-ring (bicyclic) bond motifs is 1. The average Bonchev–Trinajstić information content (AvgIpc) is 3.25. The van der Waals surface area contributed by atoms with Crippen LogP contribution in [0.15, 0.2) is 43.0 Å². The number of imidazole rings is 1. The topological polar surface area (TPSA) is 81.9 Å². The van der Waals surface area contributed by atoms with Crippen LogP contribution < -0.4 is 5.32 Å². The number of rotatable bonds is 3. The summed E-state index contributed by atoms with van der Waals surface area (Å²) < 4.78 is 7.56. The smallest absolute Gasteiger partial charge is 0.256 e. The fourth-order valence-electron chi connectivity index (χ4n) is 2.70. The molecule has 2 aromatic heterocycles. The van der Waals surface area contributed by atoms with Crippen LogP contribution in [0.3, 0.4) is 0 Å². The van der Waals surface area contributed by atoms with Gasteiger partial charge in [-0.25, -0.2) is 15.0 Å². The van der Waals surface area contributed by atoms with Gasteiger partial charge in [-0.3, -0.25) is 9.36 Å². The second-order valence-corrected chi connectivity index (χ2v) is 5.33. The molecule has 0 radical (unpaired) electrons. The molecule has 1 saturated heterocycles. The van der Waals surface area contributed by atoms with Crippen LogP contribution in [0.4, 0.5) is 5.82 Å². The maximum atomic E-state index is 12.3. The van der Waals surface area contributed by atoms with Crippen molar-refractivity contribution in [3.63, 3.8) is 0 Å². The highest BCUT2D eigenvalue weighted by molar-refractivity contribution is 6.06. The third-order valence-corrected chi connectivity index (χ3v) is 3.84. The molecule has 1 aliphatic rings. The van der Waals surface area contributed by atoms with Crippen molar-refractivity contribution < 1.29 is 9.53 Å². The van der Waals surface area contributed by atoms with E-state index in [1.807, 2.05) is 22.8 Å². The molecule has 4 rings (SSSR count). The lowest BCUT2D eigenvalue weighted by Gasteiger charge is -2.11. The molecule has 1 atom stereocenters. The van der Waals surface area contributed by atoms with Gasteiger partial charge in [0.15, 0.2) is 17.0 Å². The Kier molecular flexibility index (Phi) is 3.47. The van der Waals surface area contributed by atoms with E-state index in [1.165, 1.54) is 6.33 Å². The number of anilines is 1. The molecule has 0 aliphatic carbocycles. The number of carbonyl (C=O) groups is 1. The number of benzene rings is 1. The number of carbonyl (C=O) groups excluding carboxylic acids is 1. The van der Waals surface area contributed by atoms with E-state index in [0.717, 1.165) is 19.4 Å². The second-order valence-electron chi connectivity index (χ2n) is 5.33. The van der Waals surface area contributed by atoms with Gasteiger partial charge in [0.25, 0.3) is 5.91 Å². The Bertz CT molecular complexity index is 840. The van der Waals surface area contributed by atoms with Gasteiger partial charge in [0.2, 0.25) is 0 Å². The molecule has 0 spiro atoms. The van der Waals surface area contributed by atoms with Gasteiger partial charge in [0.1, 0.15) is 12.6 Å². The number of amides is 1. The summed E-state index contributed by atoms with van der Waals surface area (Å²) in [5.74, 6) is 0.179. The minimum Gasteiger partial charge on any atom is -0.358 e. The van der Waals surface area contributed by atoms with Crippen LogP contribution in [0.2, 0.25) is 0 Å². The summed E-state index contributed by atoms with van der Waals surface area (Å²) in [6.07, 6.45) is 5.02. The van der Waals surface area contributed by atoms with Crippen molar-refractivity contribution in [1.82, 2.24) is 19.5 Å². The number of hydrogen-bond acceptors (Lipinski definition) is 5. The molecule has 0 unspecified atom stereocenters. The standard InChI is InChI=1S/C16H15N5O2/c22-16(11-5-2-1-3-6-11)20-14-13-15(18-9-17-14)21(10-19-13)12-7-4-8-23-12/h1-3,5-6,9-10,12H,4,7-8H2,(H,17,18,20,22)/t12-/m1/s1. The summed E-state index contributed by atoms with van der Waals surface area (Å²) in [4.78, 5) is 25.1. The van der Waals surface area contributed by atoms with E-state index in [0.29, 0.717) is 22.5 Å². The van der Waals surface area contributed by atoms with Gasteiger partial charge in [0, 0.05) is 12.2 Å². The van der Waals surface area contributed by atoms with Gasteiger partial charge >= 0.3 is 0 Å². The van der Waals surface area contributed by atoms with Crippen LogP contribution in [0.1, 0.15) is 29.4 Å². The van der Waals surface area contributed by atoms with Gasteiger partial charge < -0.3 is 10.1 Å². The minimum atomic E-state index is -0.225. The van der Waals surface area contributed by atoms with Gasteiger partial charge in [-0.05, 0) is 25.0 Å². The van der Waals surface area contributed by atoms with Crippen molar-refractivity contribution in [3.05, 3.63) is 48.5 Å². The van der Waals surface area contributed by atoms with Crippen molar-refractivity contribution >= 4 is 22.9 Å². The number of nitrogens with zero attached hydrogens (tertiary/aromatic N) is 4. The lowest BCUT2D eigenvalue weighted by molar-refractivity contribution is 0.0593. The second kappa shape index (κ2) is 5.77. The lowest BCUT2D eigenvalue weighted by Crippen LogP contribution is -2.13. The maximum Gasteiger partial charge on any atom is 0.256 e. The molecule has 7 nitrogen and oxygen atoms in total. The average molecular weight is 309 g/mol. The molecule has 3 heterocycles. The maximum absolute atomic E-state index is 12.3. The van der Waals surface area contributed by atoms with Gasteiger partial charge in [-0.1, -0.05) is 18.2 Å². The highest BCUT2D eigenvalue weighted by Gasteiger charge is 2.21. The Hall–Kier alpha value is -2.80. The predicted octanol–water partition coefficient (Wildman–Crippen LogP) is 2.39. The first-order chi connectivity index (χ1) is 11.3. The largest absolute Gasteiger partial charge is 0.358 e. The molecule has 0 bridgehead atoms. The Morgan fingerprint density at radius 2 is 2.09 bits per heavy atom. The number of nitrogens with one attached hydrogen (secondary N) is 1. The SMILES string of the molecule is O=C(Nc1ncnc2c1ncn2[C@H]1CCCO1)c1ccccc1. The van der Waals surface area contributed by atoms with Crippen molar-refractivity contribution in [2.45, 2.75) is 19.1 Å². The first-order valence-corrected chi connectivity index (χ1v) is 7.48. The summed E-state index contributed by atoms with van der Waals surface area (Å²) in [6, 6.07) is 8.99. The van der Waals surface area contributed by atoms with Crippen LogP contribution in [0, 0.1) is 0 Å². The van der Waals surface area contributed by atoms with Crippen LogP contribution >= 0.6 is 0 Å². The molecule has 1 aromatic carbocycles. The molecule has 1 N–H and O–H groups in total. The molecule has 0 saturated carbocycles.